The highest BCUT2D eigenvalue weighted by molar-refractivity contribution is 6.29. The third-order valence-corrected chi connectivity index (χ3v) is 2.36. The Hall–Kier alpha value is -1.81. The van der Waals surface area contributed by atoms with Gasteiger partial charge in [0.2, 0.25) is 5.88 Å². The van der Waals surface area contributed by atoms with Crippen molar-refractivity contribution >= 4 is 17.3 Å². The van der Waals surface area contributed by atoms with Crippen LogP contribution in [0.1, 0.15) is 0 Å². The van der Waals surface area contributed by atoms with E-state index in [4.69, 9.17) is 22.1 Å². The van der Waals surface area contributed by atoms with Crippen LogP contribution in [0.15, 0.2) is 30.6 Å². The standard InChI is InChI=1S/C11H10ClN3O/c1-16-11-7(3-2-4-14-11)8-5-10(12)15-6-9(8)13/h2-6H,13H2,1H3. The maximum atomic E-state index is 5.84. The van der Waals surface area contributed by atoms with E-state index in [0.717, 1.165) is 11.1 Å². The van der Waals surface area contributed by atoms with Crippen molar-refractivity contribution in [3.63, 3.8) is 0 Å². The van der Waals surface area contributed by atoms with Crippen molar-refractivity contribution in [2.75, 3.05) is 12.8 Å². The molecule has 0 saturated carbocycles. The summed E-state index contributed by atoms with van der Waals surface area (Å²) >= 11 is 5.83. The topological polar surface area (TPSA) is 61.0 Å². The Morgan fingerprint density at radius 1 is 1.31 bits per heavy atom. The number of hydrogen-bond donors (Lipinski definition) is 1. The molecule has 0 bridgehead atoms. The molecule has 0 saturated heterocycles. The van der Waals surface area contributed by atoms with Crippen LogP contribution >= 0.6 is 11.6 Å². The van der Waals surface area contributed by atoms with E-state index in [9.17, 15) is 0 Å². The minimum atomic E-state index is 0.384. The number of aromatic nitrogens is 2. The number of halogens is 1. The molecule has 0 amide bonds. The lowest BCUT2D eigenvalue weighted by Gasteiger charge is -2.09. The highest BCUT2D eigenvalue weighted by Crippen LogP contribution is 2.32. The first-order valence-corrected chi connectivity index (χ1v) is 5.00. The number of nitrogens with zero attached hydrogens (tertiary/aromatic N) is 2. The van der Waals surface area contributed by atoms with Gasteiger partial charge in [-0.05, 0) is 18.2 Å². The van der Waals surface area contributed by atoms with Crippen LogP contribution in [0.4, 0.5) is 5.69 Å². The van der Waals surface area contributed by atoms with Crippen molar-refractivity contribution < 1.29 is 4.74 Å². The van der Waals surface area contributed by atoms with Gasteiger partial charge < -0.3 is 10.5 Å². The van der Waals surface area contributed by atoms with Gasteiger partial charge in [-0.3, -0.25) is 0 Å². The van der Waals surface area contributed by atoms with Crippen molar-refractivity contribution in [2.24, 2.45) is 0 Å². The van der Waals surface area contributed by atoms with E-state index in [1.807, 2.05) is 12.1 Å². The minimum Gasteiger partial charge on any atom is -0.481 e. The molecule has 2 heterocycles. The maximum absolute atomic E-state index is 5.84. The van der Waals surface area contributed by atoms with Crippen molar-refractivity contribution in [1.82, 2.24) is 9.97 Å². The molecule has 2 aromatic rings. The van der Waals surface area contributed by atoms with Gasteiger partial charge in [0.1, 0.15) is 5.15 Å². The second-order valence-corrected chi connectivity index (χ2v) is 3.54. The number of hydrogen-bond acceptors (Lipinski definition) is 4. The maximum Gasteiger partial charge on any atom is 0.221 e. The molecule has 0 aliphatic carbocycles. The van der Waals surface area contributed by atoms with Gasteiger partial charge in [0.05, 0.1) is 19.0 Å². The fourth-order valence-electron chi connectivity index (χ4n) is 1.43. The first kappa shape index (κ1) is 10.7. The zero-order valence-corrected chi connectivity index (χ0v) is 9.40. The molecule has 0 aliphatic rings. The molecule has 4 nitrogen and oxygen atoms in total. The van der Waals surface area contributed by atoms with E-state index in [0.29, 0.717) is 16.7 Å². The van der Waals surface area contributed by atoms with Gasteiger partial charge in [-0.25, -0.2) is 9.97 Å². The minimum absolute atomic E-state index is 0.384. The summed E-state index contributed by atoms with van der Waals surface area (Å²) in [5.41, 5.74) is 7.94. The molecule has 2 aromatic heterocycles. The normalized spacial score (nSPS) is 10.1. The molecule has 0 aromatic carbocycles. The lowest BCUT2D eigenvalue weighted by Crippen LogP contribution is -1.95. The van der Waals surface area contributed by atoms with Crippen molar-refractivity contribution in [2.45, 2.75) is 0 Å². The summed E-state index contributed by atoms with van der Waals surface area (Å²) in [4.78, 5) is 8.00. The van der Waals surface area contributed by atoms with E-state index in [-0.39, 0.29) is 0 Å². The number of ether oxygens (including phenoxy) is 1. The quantitative estimate of drug-likeness (QED) is 0.812. The fourth-order valence-corrected chi connectivity index (χ4v) is 1.59. The number of pyridine rings is 2. The molecular formula is C11H10ClN3O. The fraction of sp³-hybridized carbons (Fsp3) is 0.0909. The van der Waals surface area contributed by atoms with Gasteiger partial charge in [-0.15, -0.1) is 0 Å². The van der Waals surface area contributed by atoms with Crippen LogP contribution in [0.3, 0.4) is 0 Å². The number of nitrogen functional groups attached to an aromatic ring is 1. The SMILES string of the molecule is COc1ncccc1-c1cc(Cl)ncc1N. The molecule has 16 heavy (non-hydrogen) atoms. The average Bonchev–Trinajstić information content (AvgIpc) is 2.32. The van der Waals surface area contributed by atoms with Crippen LogP contribution in [0.5, 0.6) is 5.88 Å². The van der Waals surface area contributed by atoms with Gasteiger partial charge >= 0.3 is 0 Å². The Morgan fingerprint density at radius 2 is 2.12 bits per heavy atom. The third kappa shape index (κ3) is 1.92. The molecule has 0 spiro atoms. The van der Waals surface area contributed by atoms with E-state index in [1.165, 1.54) is 6.20 Å². The van der Waals surface area contributed by atoms with E-state index >= 15 is 0 Å². The summed E-state index contributed by atoms with van der Waals surface area (Å²) in [5, 5.41) is 0.384. The molecule has 5 heteroatoms. The number of nitrogens with two attached hydrogens (primary N) is 1. The van der Waals surface area contributed by atoms with Gasteiger partial charge in [0.25, 0.3) is 0 Å². The van der Waals surface area contributed by atoms with Gasteiger partial charge in [-0.2, -0.15) is 0 Å². The van der Waals surface area contributed by atoms with Crippen LogP contribution in [-0.4, -0.2) is 17.1 Å². The van der Waals surface area contributed by atoms with Crippen LogP contribution < -0.4 is 10.5 Å². The largest absolute Gasteiger partial charge is 0.481 e. The second-order valence-electron chi connectivity index (χ2n) is 3.15. The van der Waals surface area contributed by atoms with Crippen LogP contribution in [-0.2, 0) is 0 Å². The van der Waals surface area contributed by atoms with Gasteiger partial charge in [0, 0.05) is 17.3 Å². The Labute approximate surface area is 98.0 Å². The number of rotatable bonds is 2. The predicted octanol–water partition coefficient (Wildman–Crippen LogP) is 2.39. The zero-order valence-electron chi connectivity index (χ0n) is 8.64. The number of anilines is 1. The highest BCUT2D eigenvalue weighted by atomic mass is 35.5. The molecular weight excluding hydrogens is 226 g/mol. The molecule has 0 atom stereocenters. The Bertz CT molecular complexity index is 516. The van der Waals surface area contributed by atoms with Crippen molar-refractivity contribution in [3.8, 4) is 17.0 Å². The predicted molar refractivity (Wildman–Crippen MR) is 63.4 cm³/mol. The molecule has 0 fully saturated rings. The molecule has 0 radical (unpaired) electrons. The van der Waals surface area contributed by atoms with Crippen LogP contribution in [0.2, 0.25) is 5.15 Å². The summed E-state index contributed by atoms with van der Waals surface area (Å²) in [6, 6.07) is 5.37. The van der Waals surface area contributed by atoms with E-state index < -0.39 is 0 Å². The lowest BCUT2D eigenvalue weighted by molar-refractivity contribution is 0.399. The first-order chi connectivity index (χ1) is 7.72. The summed E-state index contributed by atoms with van der Waals surface area (Å²) in [7, 11) is 1.56. The summed E-state index contributed by atoms with van der Waals surface area (Å²) in [6.07, 6.45) is 3.17. The monoisotopic (exact) mass is 235 g/mol. The summed E-state index contributed by atoms with van der Waals surface area (Å²) < 4.78 is 5.16. The Balaban J connectivity index is 2.62. The Kier molecular flexibility index (Phi) is 2.92. The average molecular weight is 236 g/mol. The van der Waals surface area contributed by atoms with E-state index in [2.05, 4.69) is 9.97 Å². The molecule has 0 unspecified atom stereocenters. The number of methoxy groups -OCH3 is 1. The van der Waals surface area contributed by atoms with Gasteiger partial charge in [-0.1, -0.05) is 11.6 Å². The lowest BCUT2D eigenvalue weighted by atomic mass is 10.1. The molecule has 2 rings (SSSR count). The smallest absolute Gasteiger partial charge is 0.221 e. The van der Waals surface area contributed by atoms with Crippen molar-refractivity contribution in [1.29, 1.82) is 0 Å². The van der Waals surface area contributed by atoms with E-state index in [1.54, 1.807) is 19.4 Å². The first-order valence-electron chi connectivity index (χ1n) is 4.63. The zero-order chi connectivity index (χ0) is 11.5. The third-order valence-electron chi connectivity index (χ3n) is 2.16. The van der Waals surface area contributed by atoms with Crippen LogP contribution in [0.25, 0.3) is 11.1 Å². The Morgan fingerprint density at radius 3 is 2.88 bits per heavy atom. The van der Waals surface area contributed by atoms with Gasteiger partial charge in [0.15, 0.2) is 0 Å². The highest BCUT2D eigenvalue weighted by Gasteiger charge is 2.10. The molecule has 82 valence electrons. The summed E-state index contributed by atoms with van der Waals surface area (Å²) in [6.45, 7) is 0. The summed E-state index contributed by atoms with van der Waals surface area (Å²) in [5.74, 6) is 0.511. The van der Waals surface area contributed by atoms with Crippen molar-refractivity contribution in [3.05, 3.63) is 35.7 Å². The second kappa shape index (κ2) is 4.37. The molecule has 0 aliphatic heterocycles. The van der Waals surface area contributed by atoms with Crippen LogP contribution in [0, 0.1) is 0 Å². The molecule has 2 N–H and O–H groups in total.